The van der Waals surface area contributed by atoms with E-state index in [1.54, 1.807) is 6.07 Å². The van der Waals surface area contributed by atoms with E-state index in [1.807, 2.05) is 0 Å². The van der Waals surface area contributed by atoms with Gasteiger partial charge in [-0.2, -0.15) is 0 Å². The number of hydrogen-bond acceptors (Lipinski definition) is 1. The lowest BCUT2D eigenvalue weighted by molar-refractivity contribution is 0.406. The summed E-state index contributed by atoms with van der Waals surface area (Å²) in [6.07, 6.45) is 2.10. The first kappa shape index (κ1) is 14.4. The SMILES string of the molecule is CC1(C)CCC(Nc2cc(F)ccc2Cl)c2ccccc21. The summed E-state index contributed by atoms with van der Waals surface area (Å²) in [6, 6.07) is 13.1. The van der Waals surface area contributed by atoms with Crippen LogP contribution in [-0.2, 0) is 5.41 Å². The average Bonchev–Trinajstić information content (AvgIpc) is 2.46. The molecule has 2 aromatic rings. The van der Waals surface area contributed by atoms with Gasteiger partial charge >= 0.3 is 0 Å². The van der Waals surface area contributed by atoms with E-state index in [2.05, 4.69) is 43.4 Å². The largest absolute Gasteiger partial charge is 0.377 e. The fraction of sp³-hybridized carbons (Fsp3) is 0.333. The Morgan fingerprint density at radius 1 is 1.19 bits per heavy atom. The first-order valence-corrected chi connectivity index (χ1v) is 7.66. The molecule has 1 unspecified atom stereocenters. The van der Waals surface area contributed by atoms with Crippen LogP contribution in [0.5, 0.6) is 0 Å². The highest BCUT2D eigenvalue weighted by atomic mass is 35.5. The van der Waals surface area contributed by atoms with E-state index in [0.717, 1.165) is 12.8 Å². The quantitative estimate of drug-likeness (QED) is 0.750. The van der Waals surface area contributed by atoms with E-state index in [1.165, 1.54) is 23.3 Å². The molecule has 21 heavy (non-hydrogen) atoms. The van der Waals surface area contributed by atoms with E-state index in [9.17, 15) is 4.39 Å². The number of nitrogens with one attached hydrogen (secondary N) is 1. The molecule has 0 amide bonds. The van der Waals surface area contributed by atoms with Crippen molar-refractivity contribution in [1.82, 2.24) is 0 Å². The smallest absolute Gasteiger partial charge is 0.125 e. The lowest BCUT2D eigenvalue weighted by Crippen LogP contribution is -2.29. The molecule has 110 valence electrons. The van der Waals surface area contributed by atoms with E-state index < -0.39 is 0 Å². The highest BCUT2D eigenvalue weighted by molar-refractivity contribution is 6.33. The van der Waals surface area contributed by atoms with Gasteiger partial charge in [-0.05, 0) is 47.6 Å². The number of benzene rings is 2. The van der Waals surface area contributed by atoms with Crippen LogP contribution < -0.4 is 5.32 Å². The highest BCUT2D eigenvalue weighted by Crippen LogP contribution is 2.43. The van der Waals surface area contributed by atoms with Gasteiger partial charge < -0.3 is 5.32 Å². The number of anilines is 1. The molecule has 0 saturated carbocycles. The third-order valence-corrected chi connectivity index (χ3v) is 4.71. The monoisotopic (exact) mass is 303 g/mol. The Kier molecular flexibility index (Phi) is 3.66. The third-order valence-electron chi connectivity index (χ3n) is 4.38. The van der Waals surface area contributed by atoms with Crippen LogP contribution in [0.25, 0.3) is 0 Å². The van der Waals surface area contributed by atoms with Crippen molar-refractivity contribution in [2.45, 2.75) is 38.1 Å². The molecule has 0 radical (unpaired) electrons. The summed E-state index contributed by atoms with van der Waals surface area (Å²) >= 11 is 6.17. The Labute approximate surface area is 130 Å². The van der Waals surface area contributed by atoms with E-state index in [4.69, 9.17) is 11.6 Å². The van der Waals surface area contributed by atoms with Gasteiger partial charge in [-0.25, -0.2) is 4.39 Å². The summed E-state index contributed by atoms with van der Waals surface area (Å²) in [5.74, 6) is -0.272. The van der Waals surface area contributed by atoms with Crippen LogP contribution in [0.3, 0.4) is 0 Å². The minimum absolute atomic E-state index is 0.175. The predicted molar refractivity (Wildman–Crippen MR) is 86.5 cm³/mol. The Morgan fingerprint density at radius 2 is 1.95 bits per heavy atom. The summed E-state index contributed by atoms with van der Waals surface area (Å²) in [5, 5.41) is 3.97. The molecule has 0 spiro atoms. The normalized spacial score (nSPS) is 19.9. The molecule has 1 atom stereocenters. The van der Waals surface area contributed by atoms with Crippen LogP contribution in [0.2, 0.25) is 5.02 Å². The predicted octanol–water partition coefficient (Wildman–Crippen LogP) is 5.70. The standard InChI is InChI=1S/C18H19ClFN/c1-18(2)10-9-16(13-5-3-4-6-14(13)18)21-17-11-12(20)7-8-15(17)19/h3-8,11,16,21H,9-10H2,1-2H3. The second-order valence-corrected chi connectivity index (χ2v) is 6.74. The number of fused-ring (bicyclic) bond motifs is 1. The zero-order valence-electron chi connectivity index (χ0n) is 12.3. The minimum Gasteiger partial charge on any atom is -0.377 e. The molecular weight excluding hydrogens is 285 g/mol. The molecule has 0 aliphatic heterocycles. The molecule has 2 aromatic carbocycles. The van der Waals surface area contributed by atoms with Gasteiger partial charge in [0, 0.05) is 0 Å². The van der Waals surface area contributed by atoms with Gasteiger partial charge in [0.25, 0.3) is 0 Å². The van der Waals surface area contributed by atoms with E-state index in [-0.39, 0.29) is 17.3 Å². The summed E-state index contributed by atoms with van der Waals surface area (Å²) in [7, 11) is 0. The van der Waals surface area contributed by atoms with Gasteiger partial charge in [0.2, 0.25) is 0 Å². The third kappa shape index (κ3) is 2.77. The minimum atomic E-state index is -0.272. The van der Waals surface area contributed by atoms with Crippen molar-refractivity contribution in [2.24, 2.45) is 0 Å². The molecule has 1 N–H and O–H groups in total. The zero-order chi connectivity index (χ0) is 15.0. The van der Waals surface area contributed by atoms with E-state index >= 15 is 0 Å². The van der Waals surface area contributed by atoms with Crippen LogP contribution in [0.15, 0.2) is 42.5 Å². The molecule has 0 fully saturated rings. The molecule has 3 rings (SSSR count). The number of rotatable bonds is 2. The first-order valence-electron chi connectivity index (χ1n) is 7.28. The van der Waals surface area contributed by atoms with Crippen LogP contribution >= 0.6 is 11.6 Å². The van der Waals surface area contributed by atoms with Gasteiger partial charge in [-0.3, -0.25) is 0 Å². The van der Waals surface area contributed by atoms with Crippen LogP contribution in [0.4, 0.5) is 10.1 Å². The highest BCUT2D eigenvalue weighted by Gasteiger charge is 2.32. The van der Waals surface area contributed by atoms with Gasteiger partial charge in [-0.15, -0.1) is 0 Å². The Morgan fingerprint density at radius 3 is 2.76 bits per heavy atom. The van der Waals surface area contributed by atoms with Gasteiger partial charge in [0.1, 0.15) is 5.82 Å². The maximum Gasteiger partial charge on any atom is 0.125 e. The van der Waals surface area contributed by atoms with Crippen LogP contribution in [0, 0.1) is 5.82 Å². The van der Waals surface area contributed by atoms with Crippen molar-refractivity contribution in [3.63, 3.8) is 0 Å². The second-order valence-electron chi connectivity index (χ2n) is 6.33. The molecule has 1 aliphatic carbocycles. The second kappa shape index (κ2) is 5.34. The summed E-state index contributed by atoms with van der Waals surface area (Å²) in [4.78, 5) is 0. The van der Waals surface area contributed by atoms with Gasteiger partial charge in [-0.1, -0.05) is 49.7 Å². The molecular formula is C18H19ClFN. The molecule has 0 bridgehead atoms. The molecule has 0 aromatic heterocycles. The zero-order valence-corrected chi connectivity index (χ0v) is 13.0. The Balaban J connectivity index is 1.96. The summed E-state index contributed by atoms with van der Waals surface area (Å²) in [6.45, 7) is 4.55. The van der Waals surface area contributed by atoms with Gasteiger partial charge in [0.05, 0.1) is 16.8 Å². The molecule has 1 aliphatic rings. The molecule has 3 heteroatoms. The van der Waals surface area contributed by atoms with Crippen LogP contribution in [0.1, 0.15) is 43.9 Å². The topological polar surface area (TPSA) is 12.0 Å². The maximum absolute atomic E-state index is 13.4. The van der Waals surface area contributed by atoms with Gasteiger partial charge in [0.15, 0.2) is 0 Å². The lowest BCUT2D eigenvalue weighted by atomic mass is 9.71. The maximum atomic E-state index is 13.4. The fourth-order valence-electron chi connectivity index (χ4n) is 3.16. The average molecular weight is 304 g/mol. The summed E-state index contributed by atoms with van der Waals surface area (Å²) in [5.41, 5.74) is 3.49. The number of halogens is 2. The first-order chi connectivity index (χ1) is 9.97. The van der Waals surface area contributed by atoms with Crippen molar-refractivity contribution in [2.75, 3.05) is 5.32 Å². The van der Waals surface area contributed by atoms with Crippen LogP contribution in [-0.4, -0.2) is 0 Å². The van der Waals surface area contributed by atoms with Crippen molar-refractivity contribution in [1.29, 1.82) is 0 Å². The molecule has 0 heterocycles. The van der Waals surface area contributed by atoms with Crippen molar-refractivity contribution in [3.8, 4) is 0 Å². The fourth-order valence-corrected chi connectivity index (χ4v) is 3.33. The Hall–Kier alpha value is -1.54. The van der Waals surface area contributed by atoms with E-state index in [0.29, 0.717) is 10.7 Å². The molecule has 0 saturated heterocycles. The lowest BCUT2D eigenvalue weighted by Gasteiger charge is -2.37. The Bertz CT molecular complexity index is 666. The summed E-state index contributed by atoms with van der Waals surface area (Å²) < 4.78 is 13.4. The van der Waals surface area contributed by atoms with Crippen molar-refractivity contribution >= 4 is 17.3 Å². The van der Waals surface area contributed by atoms with Crippen molar-refractivity contribution in [3.05, 3.63) is 64.4 Å². The molecule has 1 nitrogen and oxygen atoms in total. The van der Waals surface area contributed by atoms with Crippen molar-refractivity contribution < 1.29 is 4.39 Å². The number of hydrogen-bond donors (Lipinski definition) is 1.